The molecule has 0 spiro atoms. The topological polar surface area (TPSA) is 100 Å². The lowest BCUT2D eigenvalue weighted by atomic mass is 9.64. The number of rotatable bonds is 2. The summed E-state index contributed by atoms with van der Waals surface area (Å²) >= 11 is 0. The molecule has 0 bridgehead atoms. The zero-order chi connectivity index (χ0) is 31.6. The molecule has 1 aliphatic carbocycles. The molecule has 1 aliphatic heterocycles. The van der Waals surface area contributed by atoms with Gasteiger partial charge in [-0.2, -0.15) is 21.0 Å². The van der Waals surface area contributed by atoms with E-state index in [0.717, 1.165) is 55.7 Å². The fourth-order valence-corrected chi connectivity index (χ4v) is 7.64. The Kier molecular flexibility index (Phi) is 5.82. The molecule has 6 aromatic rings. The van der Waals surface area contributed by atoms with Gasteiger partial charge in [0.05, 0.1) is 33.6 Å². The van der Waals surface area contributed by atoms with Gasteiger partial charge in [-0.05, 0) is 64.1 Å². The first-order chi connectivity index (χ1) is 22.5. The van der Waals surface area contributed by atoms with Crippen molar-refractivity contribution in [2.45, 2.75) is 18.8 Å². The van der Waals surface area contributed by atoms with E-state index in [-0.39, 0.29) is 22.3 Å². The average molecular weight is 586 g/mol. The highest BCUT2D eigenvalue weighted by molar-refractivity contribution is 6.05. The van der Waals surface area contributed by atoms with Crippen LogP contribution in [0.2, 0.25) is 0 Å². The average Bonchev–Trinajstić information content (AvgIpc) is 3.51. The number of aromatic nitrogens is 1. The highest BCUT2D eigenvalue weighted by atomic mass is 15.0. The van der Waals surface area contributed by atoms with E-state index < -0.39 is 5.41 Å². The Bertz CT molecular complexity index is 2490. The fourth-order valence-electron chi connectivity index (χ4n) is 7.64. The standard InChI is InChI=1S/C41H23N5/c1-41-20-32-31(33(21-42)35(23-44)36(24-45)34(32)22-43)19-38(41)46-37(27-13-6-3-7-14-27)18-30(25-10-4-2-5-11-25)40(46)29-17-16-26-12-8-9-15-28(26)39(29)41/h2-19H,20H2,1H3. The summed E-state index contributed by atoms with van der Waals surface area (Å²) in [4.78, 5) is 0. The molecule has 212 valence electrons. The van der Waals surface area contributed by atoms with Gasteiger partial charge in [-0.3, -0.25) is 0 Å². The number of benzene rings is 5. The van der Waals surface area contributed by atoms with Crippen molar-refractivity contribution in [3.63, 3.8) is 0 Å². The molecule has 0 saturated carbocycles. The van der Waals surface area contributed by atoms with E-state index in [0.29, 0.717) is 17.5 Å². The lowest BCUT2D eigenvalue weighted by Crippen LogP contribution is -2.37. The van der Waals surface area contributed by atoms with Gasteiger partial charge in [0, 0.05) is 22.2 Å². The molecule has 46 heavy (non-hydrogen) atoms. The lowest BCUT2D eigenvalue weighted by molar-refractivity contribution is 0.578. The molecule has 0 amide bonds. The predicted octanol–water partition coefficient (Wildman–Crippen LogP) is 8.95. The first-order valence-corrected chi connectivity index (χ1v) is 15.0. The molecule has 0 radical (unpaired) electrons. The van der Waals surface area contributed by atoms with E-state index in [2.05, 4.69) is 96.4 Å². The summed E-state index contributed by atoms with van der Waals surface area (Å²) in [5, 5.41) is 43.2. The molecule has 2 aliphatic rings. The molecule has 0 fully saturated rings. The number of nitrogens with zero attached hydrogens (tertiary/aromatic N) is 5. The second-order valence-corrected chi connectivity index (χ2v) is 11.9. The summed E-state index contributed by atoms with van der Waals surface area (Å²) in [7, 11) is 0. The molecule has 1 aromatic heterocycles. The molecule has 5 heteroatoms. The summed E-state index contributed by atoms with van der Waals surface area (Å²) in [6.45, 7) is 2.20. The normalized spacial score (nSPS) is 15.5. The third-order valence-electron chi connectivity index (χ3n) is 9.60. The van der Waals surface area contributed by atoms with Gasteiger partial charge in [-0.15, -0.1) is 0 Å². The van der Waals surface area contributed by atoms with Crippen molar-refractivity contribution >= 4 is 22.5 Å². The van der Waals surface area contributed by atoms with Crippen molar-refractivity contribution in [1.82, 2.24) is 4.57 Å². The van der Waals surface area contributed by atoms with E-state index in [9.17, 15) is 21.0 Å². The molecular formula is C41H23N5. The van der Waals surface area contributed by atoms with Crippen LogP contribution >= 0.6 is 0 Å². The number of hydrogen-bond donors (Lipinski definition) is 0. The van der Waals surface area contributed by atoms with Crippen LogP contribution in [0, 0.1) is 45.3 Å². The van der Waals surface area contributed by atoms with Crippen LogP contribution in [0.25, 0.3) is 56.2 Å². The van der Waals surface area contributed by atoms with Gasteiger partial charge < -0.3 is 4.57 Å². The van der Waals surface area contributed by atoms with E-state index in [1.807, 2.05) is 48.5 Å². The lowest BCUT2D eigenvalue weighted by Gasteiger charge is -2.44. The Balaban J connectivity index is 1.61. The van der Waals surface area contributed by atoms with Crippen molar-refractivity contribution in [1.29, 1.82) is 21.0 Å². The Morgan fingerprint density at radius 2 is 1.24 bits per heavy atom. The van der Waals surface area contributed by atoms with E-state index in [1.54, 1.807) is 0 Å². The summed E-state index contributed by atoms with van der Waals surface area (Å²) < 4.78 is 2.31. The van der Waals surface area contributed by atoms with Crippen LogP contribution in [0.3, 0.4) is 0 Å². The zero-order valence-corrected chi connectivity index (χ0v) is 24.8. The smallest absolute Gasteiger partial charge is 0.102 e. The van der Waals surface area contributed by atoms with Gasteiger partial charge in [0.1, 0.15) is 24.3 Å². The summed E-state index contributed by atoms with van der Waals surface area (Å²) in [5.74, 6) is 0. The van der Waals surface area contributed by atoms with Crippen LogP contribution in [-0.2, 0) is 11.8 Å². The highest BCUT2D eigenvalue weighted by Gasteiger charge is 2.46. The highest BCUT2D eigenvalue weighted by Crippen LogP contribution is 2.58. The van der Waals surface area contributed by atoms with Crippen molar-refractivity contribution in [2.75, 3.05) is 0 Å². The fraction of sp³-hybridized carbons (Fsp3) is 0.0732. The van der Waals surface area contributed by atoms with Crippen LogP contribution in [0.1, 0.15) is 45.9 Å². The van der Waals surface area contributed by atoms with E-state index in [1.165, 1.54) is 0 Å². The molecule has 1 atom stereocenters. The maximum atomic E-state index is 10.4. The van der Waals surface area contributed by atoms with Crippen LogP contribution in [0.5, 0.6) is 0 Å². The van der Waals surface area contributed by atoms with Gasteiger partial charge >= 0.3 is 0 Å². The van der Waals surface area contributed by atoms with Crippen molar-refractivity contribution < 1.29 is 0 Å². The Morgan fingerprint density at radius 1 is 0.630 bits per heavy atom. The molecule has 5 nitrogen and oxygen atoms in total. The second kappa shape index (κ2) is 9.94. The van der Waals surface area contributed by atoms with Crippen molar-refractivity contribution in [3.8, 4) is 57.9 Å². The maximum Gasteiger partial charge on any atom is 0.102 e. The quantitative estimate of drug-likeness (QED) is 0.202. The van der Waals surface area contributed by atoms with Crippen LogP contribution in [-0.4, -0.2) is 4.57 Å². The molecule has 5 aromatic carbocycles. The minimum absolute atomic E-state index is 0.0345. The Morgan fingerprint density at radius 3 is 1.91 bits per heavy atom. The zero-order valence-electron chi connectivity index (χ0n) is 24.8. The second-order valence-electron chi connectivity index (χ2n) is 11.9. The van der Waals surface area contributed by atoms with Gasteiger partial charge in [0.25, 0.3) is 0 Å². The number of fused-ring (bicyclic) bond motifs is 9. The Hall–Kier alpha value is -6.66. The van der Waals surface area contributed by atoms with Gasteiger partial charge in [0.2, 0.25) is 0 Å². The van der Waals surface area contributed by atoms with E-state index >= 15 is 0 Å². The molecule has 2 heterocycles. The molecule has 0 saturated heterocycles. The van der Waals surface area contributed by atoms with Crippen molar-refractivity contribution in [2.24, 2.45) is 0 Å². The first kappa shape index (κ1) is 26.9. The number of hydrogen-bond acceptors (Lipinski definition) is 4. The van der Waals surface area contributed by atoms with Crippen LogP contribution in [0.15, 0.2) is 103 Å². The predicted molar refractivity (Wildman–Crippen MR) is 179 cm³/mol. The molecular weight excluding hydrogens is 562 g/mol. The molecule has 0 N–H and O–H groups in total. The minimum atomic E-state index is -0.661. The van der Waals surface area contributed by atoms with Gasteiger partial charge in [-0.1, -0.05) is 97.1 Å². The van der Waals surface area contributed by atoms with Crippen LogP contribution < -0.4 is 0 Å². The monoisotopic (exact) mass is 585 g/mol. The third kappa shape index (κ3) is 3.52. The minimum Gasteiger partial charge on any atom is -0.311 e. The van der Waals surface area contributed by atoms with Gasteiger partial charge in [0.15, 0.2) is 0 Å². The largest absolute Gasteiger partial charge is 0.311 e. The molecule has 8 rings (SSSR count). The number of nitriles is 4. The van der Waals surface area contributed by atoms with Crippen molar-refractivity contribution in [3.05, 3.63) is 142 Å². The summed E-state index contributed by atoms with van der Waals surface area (Å²) in [5.41, 5.74) is 9.15. The first-order valence-electron chi connectivity index (χ1n) is 15.0. The Labute approximate surface area is 266 Å². The maximum absolute atomic E-state index is 10.4. The number of allylic oxidation sites excluding steroid dienone is 1. The SMILES string of the molecule is CC12Cc3c(C#N)c(C#N)c(C#N)c(C#N)c3C=C1n1c(-c3ccccc3)cc(-c3ccccc3)c1-c1ccc3ccccc3c12. The molecule has 1 unspecified atom stereocenters. The third-order valence-corrected chi connectivity index (χ3v) is 9.60. The van der Waals surface area contributed by atoms with Crippen LogP contribution in [0.4, 0.5) is 0 Å². The summed E-state index contributed by atoms with van der Waals surface area (Å²) in [6, 6.07) is 44.2. The van der Waals surface area contributed by atoms with E-state index in [4.69, 9.17) is 0 Å². The summed E-state index contributed by atoms with van der Waals surface area (Å²) in [6.07, 6.45) is 2.37. The van der Waals surface area contributed by atoms with Gasteiger partial charge in [-0.25, -0.2) is 0 Å².